The maximum Gasteiger partial charge on any atom is 0.0817 e. The molecule has 1 aromatic carbocycles. The van der Waals surface area contributed by atoms with Gasteiger partial charge in [0, 0.05) is 0 Å². The zero-order valence-corrected chi connectivity index (χ0v) is 8.40. The van der Waals surface area contributed by atoms with Crippen LogP contribution in [0.1, 0.15) is 38.4 Å². The van der Waals surface area contributed by atoms with Crippen LogP contribution in [0.25, 0.3) is 0 Å². The molecule has 0 spiro atoms. The van der Waals surface area contributed by atoms with Crippen LogP contribution in [-0.4, -0.2) is 5.11 Å². The van der Waals surface area contributed by atoms with E-state index in [0.717, 1.165) is 18.4 Å². The van der Waals surface area contributed by atoms with Crippen molar-refractivity contribution in [3.8, 4) is 0 Å². The summed E-state index contributed by atoms with van der Waals surface area (Å²) in [5, 5.41) is 9.98. The highest BCUT2D eigenvalue weighted by atomic mass is 16.3. The van der Waals surface area contributed by atoms with Crippen LogP contribution in [0.4, 0.5) is 0 Å². The third-order valence-corrected chi connectivity index (χ3v) is 2.64. The van der Waals surface area contributed by atoms with Gasteiger partial charge in [0.15, 0.2) is 0 Å². The van der Waals surface area contributed by atoms with E-state index < -0.39 is 0 Å². The first-order valence-corrected chi connectivity index (χ1v) is 5.02. The maximum absolute atomic E-state index is 9.98. The maximum atomic E-state index is 9.98. The number of aliphatic hydroxyl groups excluding tert-OH is 1. The highest BCUT2D eigenvalue weighted by Crippen LogP contribution is 2.26. The van der Waals surface area contributed by atoms with Crippen LogP contribution in [0.3, 0.4) is 0 Å². The van der Waals surface area contributed by atoms with Gasteiger partial charge < -0.3 is 5.11 Å². The average Bonchev–Trinajstić information content (AvgIpc) is 2.21. The van der Waals surface area contributed by atoms with Gasteiger partial charge in [-0.25, -0.2) is 0 Å². The summed E-state index contributed by atoms with van der Waals surface area (Å²) in [4.78, 5) is 0. The summed E-state index contributed by atoms with van der Waals surface area (Å²) in [5.41, 5.74) is 1.04. The van der Waals surface area contributed by atoms with Crippen LogP contribution >= 0.6 is 0 Å². The highest BCUT2D eigenvalue weighted by Gasteiger charge is 2.16. The third kappa shape index (κ3) is 2.56. The van der Waals surface area contributed by atoms with Gasteiger partial charge >= 0.3 is 0 Å². The summed E-state index contributed by atoms with van der Waals surface area (Å²) in [7, 11) is 0. The van der Waals surface area contributed by atoms with Gasteiger partial charge in [-0.3, -0.25) is 0 Å². The van der Waals surface area contributed by atoms with Crippen molar-refractivity contribution < 1.29 is 5.11 Å². The standard InChI is InChI=1S/C12H18O/c1-3-10(4-2)12(13)11-8-6-5-7-9-11/h5-10,12-13H,3-4H2,1-2H3/t12-/m1/s1. The molecule has 0 aliphatic rings. The average molecular weight is 178 g/mol. The summed E-state index contributed by atoms with van der Waals surface area (Å²) >= 11 is 0. The van der Waals surface area contributed by atoms with Crippen LogP contribution in [0.15, 0.2) is 30.3 Å². The molecule has 0 amide bonds. The Morgan fingerprint density at radius 2 is 1.62 bits per heavy atom. The second-order valence-corrected chi connectivity index (χ2v) is 3.43. The smallest absolute Gasteiger partial charge is 0.0817 e. The van der Waals surface area contributed by atoms with Gasteiger partial charge in [-0.1, -0.05) is 57.0 Å². The van der Waals surface area contributed by atoms with Crippen molar-refractivity contribution in [2.75, 3.05) is 0 Å². The molecule has 1 rings (SSSR count). The van der Waals surface area contributed by atoms with Crippen LogP contribution in [-0.2, 0) is 0 Å². The van der Waals surface area contributed by atoms with Crippen molar-refractivity contribution in [2.24, 2.45) is 5.92 Å². The quantitative estimate of drug-likeness (QED) is 0.751. The lowest BCUT2D eigenvalue weighted by Gasteiger charge is -2.20. The van der Waals surface area contributed by atoms with Gasteiger partial charge in [-0.2, -0.15) is 0 Å². The van der Waals surface area contributed by atoms with Gasteiger partial charge in [0.2, 0.25) is 0 Å². The van der Waals surface area contributed by atoms with Crippen molar-refractivity contribution in [2.45, 2.75) is 32.8 Å². The molecule has 1 heteroatoms. The first kappa shape index (κ1) is 10.3. The van der Waals surface area contributed by atoms with Crippen molar-refractivity contribution in [1.82, 2.24) is 0 Å². The molecule has 0 radical (unpaired) electrons. The topological polar surface area (TPSA) is 20.2 Å². The molecule has 0 bridgehead atoms. The summed E-state index contributed by atoms with van der Waals surface area (Å²) < 4.78 is 0. The lowest BCUT2D eigenvalue weighted by atomic mass is 9.91. The molecule has 1 nitrogen and oxygen atoms in total. The molecule has 0 fully saturated rings. The Kier molecular flexibility index (Phi) is 3.97. The lowest BCUT2D eigenvalue weighted by molar-refractivity contribution is 0.103. The third-order valence-electron chi connectivity index (χ3n) is 2.64. The fraction of sp³-hybridized carbons (Fsp3) is 0.500. The minimum absolute atomic E-state index is 0.295. The SMILES string of the molecule is CCC(CC)[C@@H](O)c1ccccc1. The molecule has 1 atom stereocenters. The number of aliphatic hydroxyl groups is 1. The van der Waals surface area contributed by atoms with E-state index in [1.807, 2.05) is 30.3 Å². The van der Waals surface area contributed by atoms with Gasteiger partial charge in [-0.05, 0) is 11.5 Å². The molecule has 0 heterocycles. The van der Waals surface area contributed by atoms with E-state index in [9.17, 15) is 5.11 Å². The van der Waals surface area contributed by atoms with E-state index in [4.69, 9.17) is 0 Å². The Bertz CT molecular complexity index is 226. The molecule has 0 aliphatic heterocycles. The van der Waals surface area contributed by atoms with Gasteiger partial charge in [-0.15, -0.1) is 0 Å². The molecule has 1 N–H and O–H groups in total. The predicted molar refractivity (Wildman–Crippen MR) is 55.5 cm³/mol. The number of hydrogen-bond acceptors (Lipinski definition) is 1. The van der Waals surface area contributed by atoms with E-state index in [0.29, 0.717) is 5.92 Å². The van der Waals surface area contributed by atoms with Crippen LogP contribution in [0.5, 0.6) is 0 Å². The fourth-order valence-corrected chi connectivity index (χ4v) is 1.66. The van der Waals surface area contributed by atoms with E-state index in [-0.39, 0.29) is 6.10 Å². The van der Waals surface area contributed by atoms with E-state index in [1.165, 1.54) is 0 Å². The molecule has 0 saturated carbocycles. The van der Waals surface area contributed by atoms with Crippen molar-refractivity contribution in [1.29, 1.82) is 0 Å². The summed E-state index contributed by atoms with van der Waals surface area (Å²) in [6.07, 6.45) is 1.77. The number of benzene rings is 1. The van der Waals surface area contributed by atoms with E-state index in [1.54, 1.807) is 0 Å². The normalized spacial score (nSPS) is 13.2. The minimum atomic E-state index is -0.295. The van der Waals surface area contributed by atoms with Gasteiger partial charge in [0.25, 0.3) is 0 Å². The van der Waals surface area contributed by atoms with Crippen LogP contribution in [0, 0.1) is 5.92 Å². The highest BCUT2D eigenvalue weighted by molar-refractivity contribution is 5.17. The first-order chi connectivity index (χ1) is 6.29. The number of rotatable bonds is 4. The molecule has 13 heavy (non-hydrogen) atoms. The molecule has 0 aliphatic carbocycles. The minimum Gasteiger partial charge on any atom is -0.388 e. The molecule has 0 saturated heterocycles. The van der Waals surface area contributed by atoms with Crippen molar-refractivity contribution in [3.63, 3.8) is 0 Å². The Morgan fingerprint density at radius 3 is 2.08 bits per heavy atom. The molecule has 1 aromatic rings. The zero-order chi connectivity index (χ0) is 9.68. The zero-order valence-electron chi connectivity index (χ0n) is 8.40. The predicted octanol–water partition coefficient (Wildman–Crippen LogP) is 3.16. The summed E-state index contributed by atoms with van der Waals surface area (Å²) in [6, 6.07) is 9.90. The number of hydrogen-bond donors (Lipinski definition) is 1. The van der Waals surface area contributed by atoms with E-state index in [2.05, 4.69) is 13.8 Å². The molecule has 72 valence electrons. The Balaban J connectivity index is 2.72. The Morgan fingerprint density at radius 1 is 1.08 bits per heavy atom. The summed E-state index contributed by atoms with van der Waals surface area (Å²) in [5.74, 6) is 0.391. The fourth-order valence-electron chi connectivity index (χ4n) is 1.66. The Labute approximate surface area is 80.4 Å². The monoisotopic (exact) mass is 178 g/mol. The second kappa shape index (κ2) is 5.03. The molecule has 0 aromatic heterocycles. The van der Waals surface area contributed by atoms with E-state index >= 15 is 0 Å². The Hall–Kier alpha value is -0.820. The largest absolute Gasteiger partial charge is 0.388 e. The van der Waals surface area contributed by atoms with Crippen LogP contribution in [0.2, 0.25) is 0 Å². The second-order valence-electron chi connectivity index (χ2n) is 3.43. The van der Waals surface area contributed by atoms with Gasteiger partial charge in [0.1, 0.15) is 0 Å². The molecular formula is C12H18O. The first-order valence-electron chi connectivity index (χ1n) is 5.02. The molecular weight excluding hydrogens is 160 g/mol. The van der Waals surface area contributed by atoms with Crippen LogP contribution < -0.4 is 0 Å². The van der Waals surface area contributed by atoms with Crippen molar-refractivity contribution in [3.05, 3.63) is 35.9 Å². The lowest BCUT2D eigenvalue weighted by Crippen LogP contribution is -2.10. The van der Waals surface area contributed by atoms with Gasteiger partial charge in [0.05, 0.1) is 6.10 Å². The van der Waals surface area contributed by atoms with Crippen molar-refractivity contribution >= 4 is 0 Å². The summed E-state index contributed by atoms with van der Waals surface area (Å²) in [6.45, 7) is 4.25. The molecule has 0 unspecified atom stereocenters.